The largest absolute Gasteiger partial charge is 0.491 e. The summed E-state index contributed by atoms with van der Waals surface area (Å²) in [5.41, 5.74) is 2.31. The monoisotopic (exact) mass is 274 g/mol. The van der Waals surface area contributed by atoms with Gasteiger partial charge in [0, 0.05) is 5.56 Å². The van der Waals surface area contributed by atoms with E-state index in [0.717, 1.165) is 24.4 Å². The first-order chi connectivity index (χ1) is 9.72. The third-order valence-electron chi connectivity index (χ3n) is 4.10. The predicted octanol–water partition coefficient (Wildman–Crippen LogP) is 2.03. The van der Waals surface area contributed by atoms with Gasteiger partial charge >= 0.3 is 0 Å². The van der Waals surface area contributed by atoms with Gasteiger partial charge in [0.1, 0.15) is 12.4 Å². The number of nitrogens with one attached hydrogen (secondary N) is 1. The molecule has 1 aromatic rings. The van der Waals surface area contributed by atoms with Crippen LogP contribution in [0.15, 0.2) is 18.2 Å². The van der Waals surface area contributed by atoms with Gasteiger partial charge in [0.05, 0.1) is 12.6 Å². The minimum absolute atomic E-state index is 0.00203. The molecule has 0 bridgehead atoms. The van der Waals surface area contributed by atoms with E-state index >= 15 is 0 Å². The Morgan fingerprint density at radius 2 is 2.15 bits per heavy atom. The molecule has 1 N–H and O–H groups in total. The second kappa shape index (κ2) is 5.83. The molecule has 0 aliphatic carbocycles. The molecule has 108 valence electrons. The van der Waals surface area contributed by atoms with E-state index < -0.39 is 0 Å². The Balaban J connectivity index is 1.59. The number of nitrogens with zero attached hydrogens (tertiary/aromatic N) is 1. The summed E-state index contributed by atoms with van der Waals surface area (Å²) in [6.07, 6.45) is 3.71. The lowest BCUT2D eigenvalue weighted by atomic mass is 10.1. The number of carbonyl (C=O) groups is 1. The number of piperidine rings is 1. The maximum atomic E-state index is 12.2. The molecule has 1 atom stereocenters. The second-order valence-corrected chi connectivity index (χ2v) is 5.81. The third-order valence-corrected chi connectivity index (χ3v) is 4.10. The molecule has 1 fully saturated rings. The number of ether oxygens (including phenoxy) is 1. The molecule has 0 spiro atoms. The predicted molar refractivity (Wildman–Crippen MR) is 77.8 cm³/mol. The number of likely N-dealkylation sites (tertiary alicyclic amines) is 1. The van der Waals surface area contributed by atoms with Crippen molar-refractivity contribution in [3.8, 4) is 5.75 Å². The molecule has 2 heterocycles. The topological polar surface area (TPSA) is 41.6 Å². The van der Waals surface area contributed by atoms with Gasteiger partial charge in [-0.25, -0.2) is 0 Å². The van der Waals surface area contributed by atoms with E-state index in [1.807, 2.05) is 12.1 Å². The highest BCUT2D eigenvalue weighted by Crippen LogP contribution is 2.32. The number of hydrogen-bond donors (Lipinski definition) is 1. The van der Waals surface area contributed by atoms with Crippen LogP contribution in [0.3, 0.4) is 0 Å². The quantitative estimate of drug-likeness (QED) is 0.917. The molecule has 2 aliphatic rings. The molecule has 0 aromatic heterocycles. The fourth-order valence-electron chi connectivity index (χ4n) is 3.01. The normalized spacial score (nSPS) is 22.1. The van der Waals surface area contributed by atoms with Gasteiger partial charge in [-0.1, -0.05) is 24.1 Å². The summed E-state index contributed by atoms with van der Waals surface area (Å²) >= 11 is 0. The summed E-state index contributed by atoms with van der Waals surface area (Å²) in [5.74, 6) is 1.01. The molecule has 1 saturated heterocycles. The van der Waals surface area contributed by atoms with Gasteiger partial charge in [-0.3, -0.25) is 9.69 Å². The maximum Gasteiger partial charge on any atom is 0.234 e. The minimum atomic E-state index is 0.00203. The molecule has 2 aliphatic heterocycles. The van der Waals surface area contributed by atoms with Crippen molar-refractivity contribution in [3.05, 3.63) is 29.3 Å². The number of aryl methyl sites for hydroxylation is 1. The van der Waals surface area contributed by atoms with E-state index in [0.29, 0.717) is 13.2 Å². The summed E-state index contributed by atoms with van der Waals surface area (Å²) in [6.45, 7) is 5.21. The molecular formula is C16H22N2O2. The molecule has 4 heteroatoms. The van der Waals surface area contributed by atoms with E-state index in [1.54, 1.807) is 0 Å². The Morgan fingerprint density at radius 1 is 1.35 bits per heavy atom. The van der Waals surface area contributed by atoms with E-state index in [4.69, 9.17) is 4.74 Å². The molecule has 4 nitrogen and oxygen atoms in total. The smallest absolute Gasteiger partial charge is 0.234 e. The van der Waals surface area contributed by atoms with Crippen LogP contribution in [0.1, 0.15) is 36.4 Å². The van der Waals surface area contributed by atoms with Crippen LogP contribution in [-0.4, -0.2) is 37.0 Å². The zero-order valence-electron chi connectivity index (χ0n) is 12.0. The van der Waals surface area contributed by atoms with Crippen molar-refractivity contribution in [2.75, 3.05) is 26.2 Å². The van der Waals surface area contributed by atoms with Crippen molar-refractivity contribution in [3.63, 3.8) is 0 Å². The van der Waals surface area contributed by atoms with Crippen molar-refractivity contribution in [2.45, 2.75) is 32.2 Å². The first-order valence-electron chi connectivity index (χ1n) is 7.47. The first-order valence-corrected chi connectivity index (χ1v) is 7.47. The van der Waals surface area contributed by atoms with Crippen molar-refractivity contribution >= 4 is 5.91 Å². The number of fused-ring (bicyclic) bond motifs is 1. The zero-order valence-corrected chi connectivity index (χ0v) is 12.0. The fraction of sp³-hybridized carbons (Fsp3) is 0.562. The summed E-state index contributed by atoms with van der Waals surface area (Å²) < 4.78 is 5.63. The number of rotatable bonds is 3. The minimum Gasteiger partial charge on any atom is -0.491 e. The van der Waals surface area contributed by atoms with Crippen molar-refractivity contribution in [1.82, 2.24) is 10.2 Å². The van der Waals surface area contributed by atoms with Crippen LogP contribution in [0.2, 0.25) is 0 Å². The number of carbonyl (C=O) groups excluding carboxylic acids is 1. The van der Waals surface area contributed by atoms with Crippen LogP contribution in [-0.2, 0) is 4.79 Å². The van der Waals surface area contributed by atoms with Gasteiger partial charge in [-0.2, -0.15) is 0 Å². The van der Waals surface area contributed by atoms with Gasteiger partial charge in [0.25, 0.3) is 0 Å². The second-order valence-electron chi connectivity index (χ2n) is 5.81. The van der Waals surface area contributed by atoms with Crippen LogP contribution in [0.4, 0.5) is 0 Å². The molecule has 0 saturated carbocycles. The average Bonchev–Trinajstić information content (AvgIpc) is 2.82. The lowest BCUT2D eigenvalue weighted by Gasteiger charge is -2.26. The van der Waals surface area contributed by atoms with Gasteiger partial charge in [-0.05, 0) is 38.9 Å². The van der Waals surface area contributed by atoms with Gasteiger partial charge < -0.3 is 10.1 Å². The highest BCUT2D eigenvalue weighted by atomic mass is 16.5. The van der Waals surface area contributed by atoms with Crippen LogP contribution >= 0.6 is 0 Å². The van der Waals surface area contributed by atoms with E-state index in [1.165, 1.54) is 24.8 Å². The Kier molecular flexibility index (Phi) is 3.92. The maximum absolute atomic E-state index is 12.2. The van der Waals surface area contributed by atoms with Crippen LogP contribution < -0.4 is 10.1 Å². The van der Waals surface area contributed by atoms with Gasteiger partial charge in [-0.15, -0.1) is 0 Å². The Bertz CT molecular complexity index is 495. The highest BCUT2D eigenvalue weighted by Gasteiger charge is 2.26. The highest BCUT2D eigenvalue weighted by molar-refractivity contribution is 5.78. The Hall–Kier alpha value is -1.55. The van der Waals surface area contributed by atoms with Crippen LogP contribution in [0, 0.1) is 6.92 Å². The third kappa shape index (κ3) is 2.96. The summed E-state index contributed by atoms with van der Waals surface area (Å²) in [7, 11) is 0. The van der Waals surface area contributed by atoms with E-state index in [2.05, 4.69) is 23.2 Å². The molecule has 1 aromatic carbocycles. The lowest BCUT2D eigenvalue weighted by Crippen LogP contribution is -2.41. The van der Waals surface area contributed by atoms with Gasteiger partial charge in [0.15, 0.2) is 0 Å². The van der Waals surface area contributed by atoms with Crippen LogP contribution in [0.25, 0.3) is 0 Å². The van der Waals surface area contributed by atoms with E-state index in [-0.39, 0.29) is 11.9 Å². The van der Waals surface area contributed by atoms with E-state index in [9.17, 15) is 4.79 Å². The molecule has 20 heavy (non-hydrogen) atoms. The summed E-state index contributed by atoms with van der Waals surface area (Å²) in [4.78, 5) is 14.4. The Morgan fingerprint density at radius 3 is 2.95 bits per heavy atom. The lowest BCUT2D eigenvalue weighted by molar-refractivity contribution is -0.123. The number of amides is 1. The van der Waals surface area contributed by atoms with Crippen molar-refractivity contribution in [2.24, 2.45) is 0 Å². The number of hydrogen-bond acceptors (Lipinski definition) is 3. The summed E-state index contributed by atoms with van der Waals surface area (Å²) in [5, 5.41) is 3.10. The standard InChI is InChI=1S/C16H22N2O2/c1-12-5-6-15-13(9-12)14(11-20-15)17-16(19)10-18-7-3-2-4-8-18/h5-6,9,14H,2-4,7-8,10-11H2,1H3,(H,17,19). The SMILES string of the molecule is Cc1ccc2c(c1)C(NC(=O)CN1CCCCC1)CO2. The molecule has 1 unspecified atom stereocenters. The zero-order chi connectivity index (χ0) is 13.9. The first kappa shape index (κ1) is 13.4. The van der Waals surface area contributed by atoms with Crippen molar-refractivity contribution in [1.29, 1.82) is 0 Å². The fourth-order valence-corrected chi connectivity index (χ4v) is 3.01. The van der Waals surface area contributed by atoms with Gasteiger partial charge in [0.2, 0.25) is 5.91 Å². The van der Waals surface area contributed by atoms with Crippen molar-refractivity contribution < 1.29 is 9.53 Å². The Labute approximate surface area is 120 Å². The molecule has 0 radical (unpaired) electrons. The molecular weight excluding hydrogens is 252 g/mol. The molecule has 3 rings (SSSR count). The number of benzene rings is 1. The summed E-state index contributed by atoms with van der Waals surface area (Å²) in [6, 6.07) is 6.13. The average molecular weight is 274 g/mol. The molecule has 1 amide bonds. The van der Waals surface area contributed by atoms with Crippen LogP contribution in [0.5, 0.6) is 5.75 Å².